The van der Waals surface area contributed by atoms with Gasteiger partial charge in [-0.15, -0.1) is 0 Å². The molecule has 0 atom stereocenters. The molecule has 1 aromatic carbocycles. The molecule has 0 spiro atoms. The maximum Gasteiger partial charge on any atom is 0.309 e. The Labute approximate surface area is 163 Å². The first kappa shape index (κ1) is 18.9. The molecule has 1 saturated heterocycles. The summed E-state index contributed by atoms with van der Waals surface area (Å²) in [7, 11) is 0. The molecule has 140 valence electrons. The first-order valence-corrected chi connectivity index (χ1v) is 9.05. The summed E-state index contributed by atoms with van der Waals surface area (Å²) in [6.07, 6.45) is 5.09. The molecule has 0 unspecified atom stereocenters. The minimum atomic E-state index is -0.342. The number of pyridine rings is 1. The van der Waals surface area contributed by atoms with Crippen molar-refractivity contribution in [3.05, 3.63) is 91.6 Å². The lowest BCUT2D eigenvalue weighted by molar-refractivity contribution is -0.421. The Bertz CT molecular complexity index is 886. The van der Waals surface area contributed by atoms with Gasteiger partial charge in [-0.1, -0.05) is 35.9 Å². The lowest BCUT2D eigenvalue weighted by Crippen LogP contribution is -2.23. The summed E-state index contributed by atoms with van der Waals surface area (Å²) in [5.74, 6) is 0.525. The van der Waals surface area contributed by atoms with Gasteiger partial charge >= 0.3 is 5.70 Å². The molecule has 0 saturated carbocycles. The highest BCUT2D eigenvalue weighted by atomic mass is 35.5. The van der Waals surface area contributed by atoms with E-state index in [0.29, 0.717) is 30.6 Å². The van der Waals surface area contributed by atoms with Gasteiger partial charge in [0.1, 0.15) is 5.15 Å². The van der Waals surface area contributed by atoms with Crippen molar-refractivity contribution in [2.24, 2.45) is 0 Å². The molecule has 2 aromatic rings. The molecular formula is C20H21ClN4O2. The van der Waals surface area contributed by atoms with Crippen LogP contribution in [0.3, 0.4) is 0 Å². The van der Waals surface area contributed by atoms with Crippen LogP contribution in [0.2, 0.25) is 5.15 Å². The van der Waals surface area contributed by atoms with E-state index in [0.717, 1.165) is 22.3 Å². The van der Waals surface area contributed by atoms with E-state index in [1.54, 1.807) is 18.3 Å². The summed E-state index contributed by atoms with van der Waals surface area (Å²) < 4.78 is 0. The highest BCUT2D eigenvalue weighted by molar-refractivity contribution is 6.29. The fourth-order valence-corrected chi connectivity index (χ4v) is 3.25. The average molecular weight is 385 g/mol. The van der Waals surface area contributed by atoms with Crippen LogP contribution >= 0.6 is 11.6 Å². The third-order valence-corrected chi connectivity index (χ3v) is 4.77. The second-order valence-corrected chi connectivity index (χ2v) is 6.85. The number of rotatable bonds is 5. The number of hydrogen-bond donors (Lipinski definition) is 1. The third kappa shape index (κ3) is 4.46. The highest BCUT2D eigenvalue weighted by Crippen LogP contribution is 2.21. The van der Waals surface area contributed by atoms with Gasteiger partial charge in [0.05, 0.1) is 4.92 Å². The number of aryl methyl sites for hydroxylation is 2. The van der Waals surface area contributed by atoms with Crippen molar-refractivity contribution >= 4 is 17.7 Å². The quantitative estimate of drug-likeness (QED) is 0.480. The molecule has 0 radical (unpaired) electrons. The van der Waals surface area contributed by atoms with Gasteiger partial charge in [-0.05, 0) is 48.2 Å². The normalized spacial score (nSPS) is 15.9. The predicted molar refractivity (Wildman–Crippen MR) is 107 cm³/mol. The molecule has 1 aliphatic heterocycles. The zero-order chi connectivity index (χ0) is 19.4. The van der Waals surface area contributed by atoms with Crippen LogP contribution in [0.1, 0.15) is 22.3 Å². The molecule has 3 rings (SSSR count). The largest absolute Gasteiger partial charge is 0.364 e. The van der Waals surface area contributed by atoms with Crippen molar-refractivity contribution in [1.82, 2.24) is 15.2 Å². The Morgan fingerprint density at radius 3 is 2.70 bits per heavy atom. The Hall–Kier alpha value is -2.86. The molecule has 0 bridgehead atoms. The number of hydrogen-bond acceptors (Lipinski definition) is 5. The van der Waals surface area contributed by atoms with Crippen molar-refractivity contribution in [2.45, 2.75) is 20.4 Å². The van der Waals surface area contributed by atoms with Crippen LogP contribution in [0.25, 0.3) is 6.08 Å². The molecule has 1 aliphatic rings. The number of nitrogens with zero attached hydrogens (tertiary/aromatic N) is 3. The Kier molecular flexibility index (Phi) is 5.76. The molecule has 1 fully saturated rings. The molecule has 2 heterocycles. The molecule has 27 heavy (non-hydrogen) atoms. The minimum absolute atomic E-state index is 0.0528. The lowest BCUT2D eigenvalue weighted by Gasteiger charge is -2.18. The van der Waals surface area contributed by atoms with Gasteiger partial charge in [0.15, 0.2) is 5.82 Å². The highest BCUT2D eigenvalue weighted by Gasteiger charge is 2.26. The molecule has 7 heteroatoms. The van der Waals surface area contributed by atoms with Crippen LogP contribution < -0.4 is 5.32 Å². The number of nitrogens with one attached hydrogen (secondary N) is 1. The zero-order valence-corrected chi connectivity index (χ0v) is 16.0. The maximum absolute atomic E-state index is 11.7. The monoisotopic (exact) mass is 384 g/mol. The zero-order valence-electron chi connectivity index (χ0n) is 15.3. The molecule has 1 N–H and O–H groups in total. The van der Waals surface area contributed by atoms with E-state index in [9.17, 15) is 10.1 Å². The van der Waals surface area contributed by atoms with E-state index >= 15 is 0 Å². The first-order valence-electron chi connectivity index (χ1n) is 8.68. The van der Waals surface area contributed by atoms with E-state index in [-0.39, 0.29) is 10.6 Å². The smallest absolute Gasteiger partial charge is 0.309 e. The van der Waals surface area contributed by atoms with Crippen molar-refractivity contribution in [3.8, 4) is 0 Å². The molecule has 0 amide bonds. The minimum Gasteiger partial charge on any atom is -0.364 e. The molecule has 1 aromatic heterocycles. The molecule has 0 aliphatic carbocycles. The van der Waals surface area contributed by atoms with Crippen LogP contribution in [0.4, 0.5) is 0 Å². The third-order valence-electron chi connectivity index (χ3n) is 4.54. The van der Waals surface area contributed by atoms with E-state index < -0.39 is 0 Å². The number of benzene rings is 1. The van der Waals surface area contributed by atoms with Crippen LogP contribution in [0.15, 0.2) is 54.1 Å². The van der Waals surface area contributed by atoms with Gasteiger partial charge in [-0.3, -0.25) is 10.1 Å². The Morgan fingerprint density at radius 1 is 1.33 bits per heavy atom. The second-order valence-electron chi connectivity index (χ2n) is 6.47. The first-order chi connectivity index (χ1) is 13.0. The van der Waals surface area contributed by atoms with Crippen molar-refractivity contribution in [1.29, 1.82) is 0 Å². The van der Waals surface area contributed by atoms with Crippen LogP contribution in [-0.4, -0.2) is 27.9 Å². The van der Waals surface area contributed by atoms with Gasteiger partial charge in [0, 0.05) is 31.9 Å². The number of nitro groups is 1. The van der Waals surface area contributed by atoms with Crippen LogP contribution in [0.5, 0.6) is 0 Å². The molecular weight excluding hydrogens is 364 g/mol. The SMILES string of the molecule is Cc1cccc(C)c1/C=C/C(=C1/NCCN1Cc1ccc(Cl)nc1)[N+](=O)[O-]. The van der Waals surface area contributed by atoms with E-state index in [1.807, 2.05) is 49.1 Å². The average Bonchev–Trinajstić information content (AvgIpc) is 3.07. The number of halogens is 1. The fraction of sp³-hybridized carbons (Fsp3) is 0.250. The summed E-state index contributed by atoms with van der Waals surface area (Å²) in [6, 6.07) is 9.58. The van der Waals surface area contributed by atoms with Crippen molar-refractivity contribution < 1.29 is 4.92 Å². The van der Waals surface area contributed by atoms with Gasteiger partial charge in [-0.2, -0.15) is 0 Å². The van der Waals surface area contributed by atoms with Crippen molar-refractivity contribution in [3.63, 3.8) is 0 Å². The molecule has 6 nitrogen and oxygen atoms in total. The van der Waals surface area contributed by atoms with Gasteiger partial charge in [0.25, 0.3) is 0 Å². The predicted octanol–water partition coefficient (Wildman–Crippen LogP) is 3.92. The maximum atomic E-state index is 11.7. The Balaban J connectivity index is 1.91. The standard InChI is InChI=1S/C20H21ClN4O2/c1-14-4-3-5-15(2)17(14)7-8-18(25(26)27)20-22-10-11-24(20)13-16-6-9-19(21)23-12-16/h3-9,12,22H,10-11,13H2,1-2H3/b8-7+,20-18+. The van der Waals surface area contributed by atoms with E-state index in [2.05, 4.69) is 10.3 Å². The topological polar surface area (TPSA) is 71.3 Å². The van der Waals surface area contributed by atoms with Gasteiger partial charge in [-0.25, -0.2) is 4.98 Å². The number of aromatic nitrogens is 1. The van der Waals surface area contributed by atoms with Crippen LogP contribution in [-0.2, 0) is 6.54 Å². The van der Waals surface area contributed by atoms with Crippen molar-refractivity contribution in [2.75, 3.05) is 13.1 Å². The summed E-state index contributed by atoms with van der Waals surface area (Å²) in [4.78, 5) is 17.4. The Morgan fingerprint density at radius 2 is 2.07 bits per heavy atom. The summed E-state index contributed by atoms with van der Waals surface area (Å²) in [5.41, 5.74) is 4.17. The fourth-order valence-electron chi connectivity index (χ4n) is 3.14. The van der Waals surface area contributed by atoms with E-state index in [1.165, 1.54) is 0 Å². The van der Waals surface area contributed by atoms with Crippen LogP contribution in [0, 0.1) is 24.0 Å². The second kappa shape index (κ2) is 8.22. The summed E-state index contributed by atoms with van der Waals surface area (Å²) in [6.45, 7) is 5.87. The van der Waals surface area contributed by atoms with Gasteiger partial charge in [0.2, 0.25) is 0 Å². The van der Waals surface area contributed by atoms with Gasteiger partial charge < -0.3 is 10.2 Å². The lowest BCUT2D eigenvalue weighted by atomic mass is 10.0. The number of allylic oxidation sites excluding steroid dienone is 1. The summed E-state index contributed by atoms with van der Waals surface area (Å²) in [5, 5.41) is 15.3. The summed E-state index contributed by atoms with van der Waals surface area (Å²) >= 11 is 5.83. The van der Waals surface area contributed by atoms with E-state index in [4.69, 9.17) is 11.6 Å².